The number of anilines is 2. The third kappa shape index (κ3) is 3.73. The molecular weight excluding hydrogens is 436 g/mol. The Morgan fingerprint density at radius 1 is 1.12 bits per heavy atom. The number of ether oxygens (including phenoxy) is 2. The van der Waals surface area contributed by atoms with Gasteiger partial charge in [-0.2, -0.15) is 0 Å². The zero-order chi connectivity index (χ0) is 22.9. The number of hydrogen-bond donors (Lipinski definition) is 1. The number of carboxylic acids is 1. The molecule has 1 aromatic heterocycles. The van der Waals surface area contributed by atoms with Crippen molar-refractivity contribution >= 4 is 34.8 Å². The fourth-order valence-electron chi connectivity index (χ4n) is 4.44. The zero-order valence-electron chi connectivity index (χ0n) is 18.1. The molecule has 0 fully saturated rings. The summed E-state index contributed by atoms with van der Waals surface area (Å²) in [5, 5.41) is 9.29. The largest absolute Gasteiger partial charge is 0.486 e. The van der Waals surface area contributed by atoms with Crippen LogP contribution in [0.1, 0.15) is 22.9 Å². The van der Waals surface area contributed by atoms with Gasteiger partial charge in [0.05, 0.1) is 16.3 Å². The zero-order valence-corrected chi connectivity index (χ0v) is 18.9. The van der Waals surface area contributed by atoms with Gasteiger partial charge >= 0.3 is 5.97 Å². The van der Waals surface area contributed by atoms with E-state index in [4.69, 9.17) is 16.0 Å². The summed E-state index contributed by atoms with van der Waals surface area (Å²) < 4.78 is 11.8. The molecule has 0 saturated heterocycles. The lowest BCUT2D eigenvalue weighted by atomic mass is 10.0. The van der Waals surface area contributed by atoms with Crippen LogP contribution in [0.3, 0.4) is 0 Å². The van der Waals surface area contributed by atoms with Crippen LogP contribution < -0.4 is 14.4 Å². The second-order valence-corrected chi connectivity index (χ2v) is 8.87. The van der Waals surface area contributed by atoms with E-state index < -0.39 is 5.97 Å². The summed E-state index contributed by atoms with van der Waals surface area (Å²) >= 11 is 1.39. The molecular formula is C26H22N2O4S. The lowest BCUT2D eigenvalue weighted by molar-refractivity contribution is -0.132. The monoisotopic (exact) mass is 458 g/mol. The van der Waals surface area contributed by atoms with Crippen LogP contribution in [0.4, 0.5) is 11.4 Å². The number of hydrogen-bond acceptors (Lipinski definition) is 5. The van der Waals surface area contributed by atoms with Crippen LogP contribution >= 0.6 is 11.3 Å². The number of nitrogens with zero attached hydrogens (tertiary/aromatic N) is 2. The third-order valence-corrected chi connectivity index (χ3v) is 7.07. The van der Waals surface area contributed by atoms with E-state index in [-0.39, 0.29) is 5.70 Å². The minimum atomic E-state index is -1.25. The maximum atomic E-state index is 11.4. The predicted molar refractivity (Wildman–Crippen MR) is 129 cm³/mol. The molecule has 2 aliphatic rings. The number of para-hydroxylation sites is 1. The molecule has 2 aliphatic heterocycles. The summed E-state index contributed by atoms with van der Waals surface area (Å²) in [4.78, 5) is 18.3. The first-order valence-corrected chi connectivity index (χ1v) is 11.7. The Kier molecular flexibility index (Phi) is 5.53. The Hall–Kier alpha value is -3.76. The van der Waals surface area contributed by atoms with Gasteiger partial charge in [-0.1, -0.05) is 24.3 Å². The van der Waals surface area contributed by atoms with Crippen molar-refractivity contribution in [3.63, 3.8) is 0 Å². The van der Waals surface area contributed by atoms with Gasteiger partial charge in [0.15, 0.2) is 11.5 Å². The average molecular weight is 459 g/mol. The maximum absolute atomic E-state index is 11.4. The molecule has 5 rings (SSSR count). The molecule has 33 heavy (non-hydrogen) atoms. The van der Waals surface area contributed by atoms with Gasteiger partial charge in [-0.15, -0.1) is 11.3 Å². The predicted octanol–water partition coefficient (Wildman–Crippen LogP) is 5.79. The van der Waals surface area contributed by atoms with E-state index in [0.717, 1.165) is 29.8 Å². The molecule has 0 saturated carbocycles. The van der Waals surface area contributed by atoms with E-state index in [1.165, 1.54) is 39.9 Å². The van der Waals surface area contributed by atoms with Crippen molar-refractivity contribution in [2.75, 3.05) is 24.7 Å². The van der Waals surface area contributed by atoms with Crippen molar-refractivity contribution in [2.24, 2.45) is 0 Å². The van der Waals surface area contributed by atoms with Crippen molar-refractivity contribution in [2.45, 2.75) is 19.8 Å². The van der Waals surface area contributed by atoms with Gasteiger partial charge in [-0.25, -0.2) is 4.85 Å². The Bertz CT molecular complexity index is 1320. The molecule has 0 aliphatic carbocycles. The molecule has 7 heteroatoms. The van der Waals surface area contributed by atoms with Crippen molar-refractivity contribution in [1.29, 1.82) is 0 Å². The quantitative estimate of drug-likeness (QED) is 0.396. The first-order valence-electron chi connectivity index (χ1n) is 10.8. The van der Waals surface area contributed by atoms with Gasteiger partial charge < -0.3 is 19.5 Å². The van der Waals surface area contributed by atoms with E-state index in [1.54, 1.807) is 0 Å². The number of fused-ring (bicyclic) bond motifs is 3. The molecule has 0 amide bonds. The SMILES string of the molecule is [C-]#[N+]/C(=C\c1sc(-c2ccc3c(c2)CCc2ccccc2N3CC)c2c1OCCO2)C(=O)O. The molecule has 3 heterocycles. The van der Waals surface area contributed by atoms with E-state index in [1.807, 2.05) is 0 Å². The van der Waals surface area contributed by atoms with Crippen LogP contribution in [0, 0.1) is 6.57 Å². The third-order valence-electron chi connectivity index (χ3n) is 5.93. The summed E-state index contributed by atoms with van der Waals surface area (Å²) in [6, 6.07) is 15.0. The van der Waals surface area contributed by atoms with Crippen LogP contribution in [0.5, 0.6) is 11.5 Å². The van der Waals surface area contributed by atoms with Crippen LogP contribution in [0.15, 0.2) is 48.2 Å². The van der Waals surface area contributed by atoms with Gasteiger partial charge in [-0.05, 0) is 60.7 Å². The van der Waals surface area contributed by atoms with Crippen LogP contribution in [0.25, 0.3) is 21.4 Å². The van der Waals surface area contributed by atoms with E-state index in [2.05, 4.69) is 59.1 Å². The Balaban J connectivity index is 1.61. The van der Waals surface area contributed by atoms with Gasteiger partial charge in [0.1, 0.15) is 13.2 Å². The molecule has 166 valence electrons. The van der Waals surface area contributed by atoms with Crippen molar-refractivity contribution in [3.05, 3.63) is 75.6 Å². The molecule has 0 atom stereocenters. The molecule has 0 radical (unpaired) electrons. The molecule has 0 bridgehead atoms. The summed E-state index contributed by atoms with van der Waals surface area (Å²) in [7, 11) is 0. The standard InChI is InChI=1S/C26H22N2O4S/c1-3-28-20-7-5-4-6-16(20)8-9-17-14-18(10-11-21(17)28)25-24-23(31-12-13-32-24)22(33-25)15-19(27-2)26(29)30/h4-7,10-11,14-15H,3,8-9,12-13H2,1H3,(H,29,30)/b19-15-. The highest BCUT2D eigenvalue weighted by molar-refractivity contribution is 7.17. The fourth-order valence-corrected chi connectivity index (χ4v) is 5.56. The van der Waals surface area contributed by atoms with E-state index in [9.17, 15) is 9.90 Å². The molecule has 0 spiro atoms. The highest BCUT2D eigenvalue weighted by Crippen LogP contribution is 2.51. The Morgan fingerprint density at radius 2 is 1.85 bits per heavy atom. The highest BCUT2D eigenvalue weighted by Gasteiger charge is 2.27. The van der Waals surface area contributed by atoms with E-state index >= 15 is 0 Å². The lowest BCUT2D eigenvalue weighted by Crippen LogP contribution is -2.17. The molecule has 3 aromatic rings. The Morgan fingerprint density at radius 3 is 2.61 bits per heavy atom. The van der Waals surface area contributed by atoms with Crippen LogP contribution in [-0.4, -0.2) is 30.8 Å². The van der Waals surface area contributed by atoms with Gasteiger partial charge in [-0.3, -0.25) is 4.79 Å². The van der Waals surface area contributed by atoms with Crippen LogP contribution in [0.2, 0.25) is 0 Å². The second-order valence-electron chi connectivity index (χ2n) is 7.81. The summed E-state index contributed by atoms with van der Waals surface area (Å²) in [5.41, 5.74) is 5.71. The van der Waals surface area contributed by atoms with Gasteiger partial charge in [0.25, 0.3) is 5.70 Å². The second kappa shape index (κ2) is 8.64. The number of rotatable bonds is 4. The molecule has 1 N–H and O–H groups in total. The lowest BCUT2D eigenvalue weighted by Gasteiger charge is -2.25. The van der Waals surface area contributed by atoms with Crippen molar-refractivity contribution in [1.82, 2.24) is 0 Å². The molecule has 0 unspecified atom stereocenters. The number of carboxylic acid groups (broad SMARTS) is 1. The minimum Gasteiger partial charge on any atom is -0.486 e. The molecule has 6 nitrogen and oxygen atoms in total. The summed E-state index contributed by atoms with van der Waals surface area (Å²) in [6.45, 7) is 11.0. The minimum absolute atomic E-state index is 0.349. The number of carbonyl (C=O) groups is 1. The van der Waals surface area contributed by atoms with Crippen LogP contribution in [-0.2, 0) is 17.6 Å². The maximum Gasteiger partial charge on any atom is 0.333 e. The highest BCUT2D eigenvalue weighted by atomic mass is 32.1. The normalized spacial score (nSPS) is 14.7. The topological polar surface area (TPSA) is 63.4 Å². The number of benzene rings is 2. The van der Waals surface area contributed by atoms with E-state index in [0.29, 0.717) is 29.6 Å². The summed E-state index contributed by atoms with van der Waals surface area (Å²) in [5.74, 6) is -0.118. The van der Waals surface area contributed by atoms with Gasteiger partial charge in [0.2, 0.25) is 0 Å². The Labute approximate surface area is 196 Å². The summed E-state index contributed by atoms with van der Waals surface area (Å²) in [6.07, 6.45) is 3.26. The number of aryl methyl sites for hydroxylation is 2. The number of thiophene rings is 1. The van der Waals surface area contributed by atoms with Gasteiger partial charge in [0, 0.05) is 17.9 Å². The first-order chi connectivity index (χ1) is 16.1. The molecule has 2 aromatic carbocycles. The first kappa shape index (κ1) is 21.1. The van der Waals surface area contributed by atoms with Crippen molar-refractivity contribution < 1.29 is 19.4 Å². The number of aliphatic carboxylic acids is 1. The van der Waals surface area contributed by atoms with Crippen molar-refractivity contribution in [3.8, 4) is 21.9 Å². The average Bonchev–Trinajstić information content (AvgIpc) is 3.12. The fraction of sp³-hybridized carbons (Fsp3) is 0.231. The smallest absolute Gasteiger partial charge is 0.333 e.